The van der Waals surface area contributed by atoms with E-state index in [0.29, 0.717) is 25.6 Å². The molecule has 2 N–H and O–H groups in total. The second kappa shape index (κ2) is 8.09. The van der Waals surface area contributed by atoms with E-state index in [-0.39, 0.29) is 6.61 Å². The van der Waals surface area contributed by atoms with E-state index in [1.165, 1.54) is 5.56 Å². The Morgan fingerprint density at radius 1 is 1.20 bits per heavy atom. The van der Waals surface area contributed by atoms with E-state index in [1.807, 2.05) is 23.3 Å². The van der Waals surface area contributed by atoms with Gasteiger partial charge in [0.1, 0.15) is 5.82 Å². The topological polar surface area (TPSA) is 70.0 Å². The molecule has 132 valence electrons. The van der Waals surface area contributed by atoms with Gasteiger partial charge in [-0.1, -0.05) is 26.0 Å². The number of benzene rings is 1. The van der Waals surface area contributed by atoms with Gasteiger partial charge in [0.05, 0.1) is 25.0 Å². The number of rotatable bonds is 8. The van der Waals surface area contributed by atoms with Crippen molar-refractivity contribution in [3.63, 3.8) is 0 Å². The van der Waals surface area contributed by atoms with Crippen LogP contribution in [0.4, 0.5) is 0 Å². The van der Waals surface area contributed by atoms with Crippen molar-refractivity contribution in [3.05, 3.63) is 66.0 Å². The smallest absolute Gasteiger partial charge is 0.120 e. The summed E-state index contributed by atoms with van der Waals surface area (Å²) < 4.78 is 1.89. The van der Waals surface area contributed by atoms with E-state index < -0.39 is 0 Å². The van der Waals surface area contributed by atoms with Gasteiger partial charge in [0.25, 0.3) is 0 Å². The predicted octanol–water partition coefficient (Wildman–Crippen LogP) is 2.71. The van der Waals surface area contributed by atoms with Crippen molar-refractivity contribution in [2.45, 2.75) is 32.9 Å². The lowest BCUT2D eigenvalue weighted by Crippen LogP contribution is -2.26. The molecule has 3 aromatic rings. The number of hydrogen-bond donors (Lipinski definition) is 2. The Labute approximate surface area is 148 Å². The fraction of sp³-hybridized carbons (Fsp3) is 0.368. The largest absolute Gasteiger partial charge is 0.395 e. The highest BCUT2D eigenvalue weighted by atomic mass is 16.3. The number of aliphatic hydroxyl groups excluding tert-OH is 1. The zero-order valence-corrected chi connectivity index (χ0v) is 14.8. The molecule has 3 rings (SSSR count). The molecule has 0 fully saturated rings. The number of hydrogen-bond acceptors (Lipinski definition) is 4. The number of imidazole rings is 1. The molecule has 2 heterocycles. The monoisotopic (exact) mass is 339 g/mol. The van der Waals surface area contributed by atoms with Crippen molar-refractivity contribution in [2.75, 3.05) is 13.2 Å². The molecule has 0 bridgehead atoms. The minimum absolute atomic E-state index is 0.117. The molecular weight excluding hydrogens is 314 g/mol. The van der Waals surface area contributed by atoms with Crippen molar-refractivity contribution in [2.24, 2.45) is 0 Å². The van der Waals surface area contributed by atoms with Crippen LogP contribution in [0.2, 0.25) is 0 Å². The first-order valence-corrected chi connectivity index (χ1v) is 8.61. The number of aliphatic hydroxyl groups is 1. The summed E-state index contributed by atoms with van der Waals surface area (Å²) in [6, 6.07) is 8.49. The molecule has 0 atom stereocenters. The summed E-state index contributed by atoms with van der Waals surface area (Å²) in [5, 5.41) is 13.8. The van der Waals surface area contributed by atoms with Crippen LogP contribution in [0.15, 0.2) is 49.1 Å². The summed E-state index contributed by atoms with van der Waals surface area (Å²) in [6.45, 7) is 6.47. The van der Waals surface area contributed by atoms with Gasteiger partial charge in [-0.05, 0) is 23.6 Å². The molecule has 25 heavy (non-hydrogen) atoms. The quantitative estimate of drug-likeness (QED) is 0.662. The zero-order valence-electron chi connectivity index (χ0n) is 14.8. The Kier molecular flexibility index (Phi) is 5.63. The molecule has 0 unspecified atom stereocenters. The first kappa shape index (κ1) is 17.4. The normalized spacial score (nSPS) is 11.6. The molecule has 0 spiro atoms. The van der Waals surface area contributed by atoms with Crippen molar-refractivity contribution >= 4 is 0 Å². The van der Waals surface area contributed by atoms with E-state index in [4.69, 9.17) is 0 Å². The highest BCUT2D eigenvalue weighted by Crippen LogP contribution is 2.17. The molecular formula is C19H25N5O. The first-order valence-electron chi connectivity index (χ1n) is 8.61. The Bertz CT molecular complexity index is 761. The number of aromatic amines is 1. The average molecular weight is 339 g/mol. The summed E-state index contributed by atoms with van der Waals surface area (Å²) in [6.07, 6.45) is 7.47. The van der Waals surface area contributed by atoms with Crippen LogP contribution in [0.1, 0.15) is 36.7 Å². The second-order valence-electron chi connectivity index (χ2n) is 6.51. The van der Waals surface area contributed by atoms with Crippen LogP contribution in [0, 0.1) is 0 Å². The molecule has 0 saturated heterocycles. The highest BCUT2D eigenvalue weighted by molar-refractivity contribution is 5.35. The Morgan fingerprint density at radius 2 is 2.00 bits per heavy atom. The summed E-state index contributed by atoms with van der Waals surface area (Å²) >= 11 is 0. The zero-order chi connectivity index (χ0) is 17.6. The highest BCUT2D eigenvalue weighted by Gasteiger charge is 2.10. The molecule has 6 nitrogen and oxygen atoms in total. The summed E-state index contributed by atoms with van der Waals surface area (Å²) in [5.41, 5.74) is 3.48. The SMILES string of the molecule is CC(C)c1ccc(-n2cc(CN(CCO)Cc3ncc[nH]3)cn2)cc1. The Balaban J connectivity index is 1.69. The molecule has 0 aliphatic rings. The molecule has 0 aliphatic heterocycles. The van der Waals surface area contributed by atoms with Gasteiger partial charge in [0.2, 0.25) is 0 Å². The standard InChI is InChI=1S/C19H25N5O/c1-15(2)17-3-5-18(6-4-17)24-13-16(11-22-24)12-23(9-10-25)14-19-20-7-8-21-19/h3-8,11,13,15,25H,9-10,12,14H2,1-2H3,(H,20,21). The average Bonchev–Trinajstić information content (AvgIpc) is 3.27. The lowest BCUT2D eigenvalue weighted by molar-refractivity contribution is 0.181. The maximum atomic E-state index is 9.30. The maximum absolute atomic E-state index is 9.30. The van der Waals surface area contributed by atoms with E-state index in [1.54, 1.807) is 6.20 Å². The predicted molar refractivity (Wildman–Crippen MR) is 97.4 cm³/mol. The number of H-pyrrole nitrogens is 1. The van der Waals surface area contributed by atoms with Gasteiger partial charge in [-0.2, -0.15) is 5.10 Å². The molecule has 1 aromatic carbocycles. The van der Waals surface area contributed by atoms with Crippen LogP contribution < -0.4 is 0 Å². The van der Waals surface area contributed by atoms with Gasteiger partial charge in [-0.15, -0.1) is 0 Å². The second-order valence-corrected chi connectivity index (χ2v) is 6.51. The minimum Gasteiger partial charge on any atom is -0.395 e. The fourth-order valence-corrected chi connectivity index (χ4v) is 2.80. The molecule has 0 saturated carbocycles. The van der Waals surface area contributed by atoms with Gasteiger partial charge >= 0.3 is 0 Å². The number of nitrogens with one attached hydrogen (secondary N) is 1. The Hall–Kier alpha value is -2.44. The molecule has 6 heteroatoms. The van der Waals surface area contributed by atoms with Gasteiger partial charge < -0.3 is 10.1 Å². The fourth-order valence-electron chi connectivity index (χ4n) is 2.80. The third-order valence-corrected chi connectivity index (χ3v) is 4.21. The van der Waals surface area contributed by atoms with Crippen molar-refractivity contribution in [1.82, 2.24) is 24.6 Å². The lowest BCUT2D eigenvalue weighted by atomic mass is 10.0. The lowest BCUT2D eigenvalue weighted by Gasteiger charge is -2.19. The van der Waals surface area contributed by atoms with Gasteiger partial charge in [0.15, 0.2) is 0 Å². The van der Waals surface area contributed by atoms with Crippen LogP contribution in [0.25, 0.3) is 5.69 Å². The van der Waals surface area contributed by atoms with Crippen LogP contribution in [0.3, 0.4) is 0 Å². The third-order valence-electron chi connectivity index (χ3n) is 4.21. The minimum atomic E-state index is 0.117. The number of nitrogens with zero attached hydrogens (tertiary/aromatic N) is 4. The van der Waals surface area contributed by atoms with Crippen LogP contribution in [0.5, 0.6) is 0 Å². The summed E-state index contributed by atoms with van der Waals surface area (Å²) in [5.74, 6) is 1.42. The van der Waals surface area contributed by atoms with Gasteiger partial charge in [-0.3, -0.25) is 4.90 Å². The van der Waals surface area contributed by atoms with Gasteiger partial charge in [-0.25, -0.2) is 9.67 Å². The van der Waals surface area contributed by atoms with Gasteiger partial charge in [0, 0.05) is 37.2 Å². The summed E-state index contributed by atoms with van der Waals surface area (Å²) in [4.78, 5) is 9.50. The molecule has 0 amide bonds. The van der Waals surface area contributed by atoms with Crippen molar-refractivity contribution < 1.29 is 5.11 Å². The third kappa shape index (κ3) is 4.55. The van der Waals surface area contributed by atoms with E-state index in [2.05, 4.69) is 58.1 Å². The maximum Gasteiger partial charge on any atom is 0.120 e. The van der Waals surface area contributed by atoms with E-state index in [0.717, 1.165) is 17.1 Å². The first-order chi connectivity index (χ1) is 12.2. The number of aromatic nitrogens is 4. The van der Waals surface area contributed by atoms with Crippen molar-refractivity contribution in [1.29, 1.82) is 0 Å². The van der Waals surface area contributed by atoms with E-state index in [9.17, 15) is 5.11 Å². The molecule has 0 radical (unpaired) electrons. The van der Waals surface area contributed by atoms with Crippen LogP contribution in [-0.2, 0) is 13.1 Å². The van der Waals surface area contributed by atoms with Crippen LogP contribution >= 0.6 is 0 Å². The molecule has 0 aliphatic carbocycles. The van der Waals surface area contributed by atoms with Crippen LogP contribution in [-0.4, -0.2) is 42.9 Å². The summed E-state index contributed by atoms with van der Waals surface area (Å²) in [7, 11) is 0. The Morgan fingerprint density at radius 3 is 2.64 bits per heavy atom. The van der Waals surface area contributed by atoms with E-state index >= 15 is 0 Å². The molecule has 2 aromatic heterocycles. The van der Waals surface area contributed by atoms with Crippen molar-refractivity contribution in [3.8, 4) is 5.69 Å².